The fourth-order valence-electron chi connectivity index (χ4n) is 3.82. The molecule has 2 heterocycles. The Balaban J connectivity index is 0.00000288. The van der Waals surface area contributed by atoms with Gasteiger partial charge in [0.2, 0.25) is 11.8 Å². The molecule has 2 fully saturated rings. The number of hydrogen-bond donors (Lipinski definition) is 1. The Morgan fingerprint density at radius 2 is 1.67 bits per heavy atom. The van der Waals surface area contributed by atoms with E-state index in [2.05, 4.69) is 5.32 Å². The van der Waals surface area contributed by atoms with Crippen molar-refractivity contribution in [3.05, 3.63) is 0 Å². The fourth-order valence-corrected chi connectivity index (χ4v) is 3.82. The van der Waals surface area contributed by atoms with Crippen molar-refractivity contribution in [3.63, 3.8) is 0 Å². The molecule has 2 aliphatic rings. The first-order valence-corrected chi connectivity index (χ1v) is 9.05. The molecule has 0 saturated carbocycles. The van der Waals surface area contributed by atoms with Gasteiger partial charge >= 0.3 is 0 Å². The topological polar surface area (TPSA) is 52.7 Å². The van der Waals surface area contributed by atoms with Crippen LogP contribution in [0.25, 0.3) is 0 Å². The van der Waals surface area contributed by atoms with Crippen LogP contribution >= 0.6 is 12.4 Å². The van der Waals surface area contributed by atoms with Gasteiger partial charge in [0.15, 0.2) is 0 Å². The average molecular weight is 360 g/mol. The van der Waals surface area contributed by atoms with Gasteiger partial charge < -0.3 is 15.1 Å². The molecule has 24 heavy (non-hydrogen) atoms. The molecular weight excluding hydrogens is 326 g/mol. The monoisotopic (exact) mass is 359 g/mol. The first-order valence-electron chi connectivity index (χ1n) is 9.05. The summed E-state index contributed by atoms with van der Waals surface area (Å²) in [6.07, 6.45) is 4.14. The van der Waals surface area contributed by atoms with Crippen LogP contribution in [-0.2, 0) is 9.59 Å². The molecule has 2 unspecified atom stereocenters. The normalized spacial score (nSPS) is 25.2. The second-order valence-electron chi connectivity index (χ2n) is 8.19. The lowest BCUT2D eigenvalue weighted by atomic mass is 9.90. The highest BCUT2D eigenvalue weighted by Crippen LogP contribution is 2.26. The third-order valence-corrected chi connectivity index (χ3v) is 5.02. The number of amides is 2. The van der Waals surface area contributed by atoms with E-state index in [1.54, 1.807) is 0 Å². The second kappa shape index (κ2) is 9.04. The maximum absolute atomic E-state index is 12.9. The molecule has 2 saturated heterocycles. The predicted octanol–water partition coefficient (Wildman–Crippen LogP) is 2.15. The second-order valence-corrected chi connectivity index (χ2v) is 8.19. The Morgan fingerprint density at radius 3 is 2.29 bits per heavy atom. The highest BCUT2D eigenvalue weighted by Gasteiger charge is 2.35. The van der Waals surface area contributed by atoms with Crippen molar-refractivity contribution in [1.29, 1.82) is 0 Å². The van der Waals surface area contributed by atoms with Crippen LogP contribution in [0.5, 0.6) is 0 Å². The van der Waals surface area contributed by atoms with Gasteiger partial charge in [0.05, 0.1) is 5.92 Å². The van der Waals surface area contributed by atoms with Crippen LogP contribution in [0.2, 0.25) is 0 Å². The van der Waals surface area contributed by atoms with Gasteiger partial charge in [0, 0.05) is 31.6 Å². The van der Waals surface area contributed by atoms with Gasteiger partial charge in [0.25, 0.3) is 0 Å². The first-order chi connectivity index (χ1) is 10.8. The van der Waals surface area contributed by atoms with Gasteiger partial charge in [-0.15, -0.1) is 12.4 Å². The molecular formula is C18H34ClN3O2. The number of halogens is 1. The highest BCUT2D eigenvalue weighted by atomic mass is 35.5. The van der Waals surface area contributed by atoms with E-state index < -0.39 is 0 Å². The molecule has 5 nitrogen and oxygen atoms in total. The molecule has 0 aliphatic carbocycles. The summed E-state index contributed by atoms with van der Waals surface area (Å²) < 4.78 is 0. The lowest BCUT2D eigenvalue weighted by Crippen LogP contribution is -2.51. The van der Waals surface area contributed by atoms with E-state index in [1.807, 2.05) is 37.6 Å². The lowest BCUT2D eigenvalue weighted by molar-refractivity contribution is -0.146. The standard InChI is InChI=1S/C18H33N3O2.ClH/c1-18(2,3)17(23)21-10-6-8-15(13-21)16(22)20-9-5-7-14(12-20)11-19-4;/h14-15,19H,5-13H2,1-4H3;1H. The summed E-state index contributed by atoms with van der Waals surface area (Å²) >= 11 is 0. The van der Waals surface area contributed by atoms with Crippen LogP contribution in [0.3, 0.4) is 0 Å². The maximum Gasteiger partial charge on any atom is 0.227 e. The number of rotatable bonds is 3. The zero-order chi connectivity index (χ0) is 17.0. The van der Waals surface area contributed by atoms with Gasteiger partial charge in [-0.2, -0.15) is 0 Å². The molecule has 2 rings (SSSR count). The molecule has 0 aromatic carbocycles. The van der Waals surface area contributed by atoms with Crippen LogP contribution in [0.4, 0.5) is 0 Å². The van der Waals surface area contributed by atoms with Crippen molar-refractivity contribution < 1.29 is 9.59 Å². The Kier molecular flexibility index (Phi) is 8.00. The summed E-state index contributed by atoms with van der Waals surface area (Å²) in [7, 11) is 1.97. The summed E-state index contributed by atoms with van der Waals surface area (Å²) in [4.78, 5) is 29.3. The van der Waals surface area contributed by atoms with Gasteiger partial charge in [-0.3, -0.25) is 9.59 Å². The number of nitrogens with zero attached hydrogens (tertiary/aromatic N) is 2. The summed E-state index contributed by atoms with van der Waals surface area (Å²) in [5.41, 5.74) is -0.367. The van der Waals surface area contributed by atoms with Gasteiger partial charge in [0.1, 0.15) is 0 Å². The Morgan fingerprint density at radius 1 is 1.04 bits per heavy atom. The number of hydrogen-bond acceptors (Lipinski definition) is 3. The number of nitrogens with one attached hydrogen (secondary N) is 1. The molecule has 0 bridgehead atoms. The number of piperidine rings is 2. The minimum Gasteiger partial charge on any atom is -0.342 e. The number of likely N-dealkylation sites (tertiary alicyclic amines) is 2. The zero-order valence-electron chi connectivity index (χ0n) is 15.6. The molecule has 0 aromatic heterocycles. The van der Waals surface area contributed by atoms with Crippen molar-refractivity contribution in [3.8, 4) is 0 Å². The number of carbonyl (C=O) groups excluding carboxylic acids is 2. The Bertz CT molecular complexity index is 434. The van der Waals surface area contributed by atoms with Crippen LogP contribution in [0.1, 0.15) is 46.5 Å². The summed E-state index contributed by atoms with van der Waals surface area (Å²) in [6.45, 7) is 9.97. The zero-order valence-corrected chi connectivity index (χ0v) is 16.5. The van der Waals surface area contributed by atoms with Crippen molar-refractivity contribution in [2.75, 3.05) is 39.8 Å². The first kappa shape index (κ1) is 21.2. The van der Waals surface area contributed by atoms with E-state index >= 15 is 0 Å². The van der Waals surface area contributed by atoms with Crippen molar-refractivity contribution in [2.45, 2.75) is 46.5 Å². The molecule has 2 aliphatic heterocycles. The van der Waals surface area contributed by atoms with E-state index in [0.717, 1.165) is 45.4 Å². The largest absolute Gasteiger partial charge is 0.342 e. The van der Waals surface area contributed by atoms with Crippen LogP contribution in [-0.4, -0.2) is 61.4 Å². The molecule has 6 heteroatoms. The van der Waals surface area contributed by atoms with Gasteiger partial charge in [-0.05, 0) is 45.2 Å². The quantitative estimate of drug-likeness (QED) is 0.840. The molecule has 0 spiro atoms. The SMILES string of the molecule is CNCC1CCCN(C(=O)C2CCCN(C(=O)C(C)(C)C)C2)C1.Cl. The van der Waals surface area contributed by atoms with Crippen molar-refractivity contribution in [2.24, 2.45) is 17.3 Å². The molecule has 2 atom stereocenters. The average Bonchev–Trinajstić information content (AvgIpc) is 2.53. The summed E-state index contributed by atoms with van der Waals surface area (Å²) in [6, 6.07) is 0. The van der Waals surface area contributed by atoms with E-state index in [9.17, 15) is 9.59 Å². The summed E-state index contributed by atoms with van der Waals surface area (Å²) in [5.74, 6) is 0.982. The lowest BCUT2D eigenvalue weighted by Gasteiger charge is -2.39. The van der Waals surface area contributed by atoms with E-state index in [1.165, 1.54) is 6.42 Å². The Labute approximate surface area is 152 Å². The maximum atomic E-state index is 12.9. The van der Waals surface area contributed by atoms with Gasteiger partial charge in [-0.1, -0.05) is 20.8 Å². The van der Waals surface area contributed by atoms with Crippen LogP contribution in [0, 0.1) is 17.3 Å². The van der Waals surface area contributed by atoms with Crippen LogP contribution in [0.15, 0.2) is 0 Å². The predicted molar refractivity (Wildman–Crippen MR) is 99.2 cm³/mol. The van der Waals surface area contributed by atoms with Gasteiger partial charge in [-0.25, -0.2) is 0 Å². The van der Waals surface area contributed by atoms with Crippen molar-refractivity contribution >= 4 is 24.2 Å². The number of carbonyl (C=O) groups is 2. The molecule has 2 amide bonds. The van der Waals surface area contributed by atoms with E-state index in [-0.39, 0.29) is 35.6 Å². The van der Waals surface area contributed by atoms with E-state index in [0.29, 0.717) is 12.5 Å². The van der Waals surface area contributed by atoms with E-state index in [4.69, 9.17) is 0 Å². The third-order valence-electron chi connectivity index (χ3n) is 5.02. The molecule has 1 N–H and O–H groups in total. The Hall–Kier alpha value is -0.810. The molecule has 0 radical (unpaired) electrons. The fraction of sp³-hybridized carbons (Fsp3) is 0.889. The highest BCUT2D eigenvalue weighted by molar-refractivity contribution is 5.85. The smallest absolute Gasteiger partial charge is 0.227 e. The molecule has 140 valence electrons. The van der Waals surface area contributed by atoms with Crippen LogP contribution < -0.4 is 5.32 Å². The molecule has 0 aromatic rings. The summed E-state index contributed by atoms with van der Waals surface area (Å²) in [5, 5.41) is 3.22. The third kappa shape index (κ3) is 5.35. The van der Waals surface area contributed by atoms with Crippen molar-refractivity contribution in [1.82, 2.24) is 15.1 Å². The minimum absolute atomic E-state index is 0. The minimum atomic E-state index is -0.367.